The Hall–Kier alpha value is -0.120. The molecule has 3 nitrogen and oxygen atoms in total. The van der Waals surface area contributed by atoms with Gasteiger partial charge in [-0.2, -0.15) is 0 Å². The van der Waals surface area contributed by atoms with Crippen LogP contribution >= 0.6 is 0 Å². The Kier molecular flexibility index (Phi) is 5.58. The van der Waals surface area contributed by atoms with E-state index in [1.165, 1.54) is 12.8 Å². The average Bonchev–Trinajstić information content (AvgIpc) is 2.78. The molecule has 2 N–H and O–H groups in total. The molecule has 1 fully saturated rings. The van der Waals surface area contributed by atoms with E-state index < -0.39 is 0 Å². The summed E-state index contributed by atoms with van der Waals surface area (Å²) in [5.41, 5.74) is 5.67. The van der Waals surface area contributed by atoms with Crippen molar-refractivity contribution in [3.63, 3.8) is 0 Å². The summed E-state index contributed by atoms with van der Waals surface area (Å²) < 4.78 is 11.5. The first-order chi connectivity index (χ1) is 7.26. The Balaban J connectivity index is 2.21. The highest BCUT2D eigenvalue weighted by Crippen LogP contribution is 2.21. The van der Waals surface area contributed by atoms with E-state index in [2.05, 4.69) is 13.8 Å². The van der Waals surface area contributed by atoms with E-state index in [1.807, 2.05) is 0 Å². The Morgan fingerprint density at radius 1 is 1.40 bits per heavy atom. The van der Waals surface area contributed by atoms with Crippen LogP contribution in [0.5, 0.6) is 0 Å². The Morgan fingerprint density at radius 3 is 2.60 bits per heavy atom. The Morgan fingerprint density at radius 2 is 2.13 bits per heavy atom. The van der Waals surface area contributed by atoms with Gasteiger partial charge in [-0.25, -0.2) is 0 Å². The molecule has 0 saturated carbocycles. The molecule has 0 bridgehead atoms. The van der Waals surface area contributed by atoms with Gasteiger partial charge in [-0.15, -0.1) is 0 Å². The summed E-state index contributed by atoms with van der Waals surface area (Å²) in [5.74, 6) is 0. The molecule has 1 aliphatic rings. The van der Waals surface area contributed by atoms with E-state index in [1.54, 1.807) is 0 Å². The molecule has 0 aliphatic carbocycles. The lowest BCUT2D eigenvalue weighted by atomic mass is 9.97. The second-order valence-corrected chi connectivity index (χ2v) is 4.37. The van der Waals surface area contributed by atoms with Gasteiger partial charge in [-0.05, 0) is 32.1 Å². The van der Waals surface area contributed by atoms with Crippen LogP contribution in [0.2, 0.25) is 0 Å². The molecule has 0 spiro atoms. The zero-order chi connectivity index (χ0) is 11.1. The third kappa shape index (κ3) is 3.74. The molecule has 1 unspecified atom stereocenters. The smallest absolute Gasteiger partial charge is 0.0798 e. The lowest BCUT2D eigenvalue weighted by molar-refractivity contribution is -0.0567. The van der Waals surface area contributed by atoms with Gasteiger partial charge in [-0.3, -0.25) is 0 Å². The first-order valence-electron chi connectivity index (χ1n) is 6.22. The number of rotatable bonds is 7. The second kappa shape index (κ2) is 6.46. The molecular weight excluding hydrogens is 190 g/mol. The number of ether oxygens (including phenoxy) is 2. The van der Waals surface area contributed by atoms with E-state index >= 15 is 0 Å². The van der Waals surface area contributed by atoms with Gasteiger partial charge in [0.25, 0.3) is 0 Å². The quantitative estimate of drug-likeness (QED) is 0.707. The van der Waals surface area contributed by atoms with Crippen molar-refractivity contribution in [3.8, 4) is 0 Å². The fourth-order valence-corrected chi connectivity index (χ4v) is 2.08. The second-order valence-electron chi connectivity index (χ2n) is 4.37. The summed E-state index contributed by atoms with van der Waals surface area (Å²) >= 11 is 0. The minimum atomic E-state index is -0.0986. The molecule has 1 atom stereocenters. The maximum Gasteiger partial charge on any atom is 0.0798 e. The minimum Gasteiger partial charge on any atom is -0.378 e. The SMILES string of the molecule is CCC(CC)(CN)OCCC1CCCO1. The van der Waals surface area contributed by atoms with Gasteiger partial charge in [0.1, 0.15) is 0 Å². The van der Waals surface area contributed by atoms with Crippen molar-refractivity contribution >= 4 is 0 Å². The number of hydrogen-bond acceptors (Lipinski definition) is 3. The van der Waals surface area contributed by atoms with Crippen molar-refractivity contribution in [2.24, 2.45) is 5.73 Å². The van der Waals surface area contributed by atoms with Crippen LogP contribution in [0.25, 0.3) is 0 Å². The van der Waals surface area contributed by atoms with Gasteiger partial charge < -0.3 is 15.2 Å². The van der Waals surface area contributed by atoms with Gasteiger partial charge in [0.05, 0.1) is 11.7 Å². The maximum absolute atomic E-state index is 5.93. The molecule has 1 heterocycles. The van der Waals surface area contributed by atoms with Crippen molar-refractivity contribution in [1.29, 1.82) is 0 Å². The van der Waals surface area contributed by atoms with E-state index in [0.29, 0.717) is 12.6 Å². The topological polar surface area (TPSA) is 44.5 Å². The molecule has 0 radical (unpaired) electrons. The molecule has 0 amide bonds. The molecule has 1 saturated heterocycles. The van der Waals surface area contributed by atoms with E-state index in [9.17, 15) is 0 Å². The monoisotopic (exact) mass is 215 g/mol. The van der Waals surface area contributed by atoms with Crippen molar-refractivity contribution in [2.75, 3.05) is 19.8 Å². The molecule has 15 heavy (non-hydrogen) atoms. The minimum absolute atomic E-state index is 0.0986. The molecule has 1 aliphatic heterocycles. The third-order valence-corrected chi connectivity index (χ3v) is 3.53. The highest BCUT2D eigenvalue weighted by Gasteiger charge is 2.25. The molecule has 0 aromatic carbocycles. The van der Waals surface area contributed by atoms with Crippen LogP contribution in [0.4, 0.5) is 0 Å². The first-order valence-corrected chi connectivity index (χ1v) is 6.22. The van der Waals surface area contributed by atoms with Gasteiger partial charge in [-0.1, -0.05) is 13.8 Å². The largest absolute Gasteiger partial charge is 0.378 e. The average molecular weight is 215 g/mol. The van der Waals surface area contributed by atoms with E-state index in [0.717, 1.165) is 32.5 Å². The Bertz CT molecular complexity index is 155. The van der Waals surface area contributed by atoms with Crippen molar-refractivity contribution in [2.45, 2.75) is 57.7 Å². The van der Waals surface area contributed by atoms with E-state index in [4.69, 9.17) is 15.2 Å². The summed E-state index contributed by atoms with van der Waals surface area (Å²) in [4.78, 5) is 0. The van der Waals surface area contributed by atoms with Gasteiger partial charge >= 0.3 is 0 Å². The van der Waals surface area contributed by atoms with Crippen LogP contribution in [-0.4, -0.2) is 31.5 Å². The molecule has 90 valence electrons. The van der Waals surface area contributed by atoms with Crippen molar-refractivity contribution in [1.82, 2.24) is 0 Å². The zero-order valence-electron chi connectivity index (χ0n) is 10.1. The fraction of sp³-hybridized carbons (Fsp3) is 1.00. The highest BCUT2D eigenvalue weighted by molar-refractivity contribution is 4.79. The lowest BCUT2D eigenvalue weighted by Gasteiger charge is -2.30. The summed E-state index contributed by atoms with van der Waals surface area (Å²) in [6, 6.07) is 0. The highest BCUT2D eigenvalue weighted by atomic mass is 16.5. The summed E-state index contributed by atoms with van der Waals surface area (Å²) in [6.45, 7) is 6.61. The number of nitrogens with two attached hydrogens (primary N) is 1. The van der Waals surface area contributed by atoms with Gasteiger partial charge in [0, 0.05) is 19.8 Å². The molecular formula is C12H25NO2. The van der Waals surface area contributed by atoms with Crippen LogP contribution in [0.3, 0.4) is 0 Å². The van der Waals surface area contributed by atoms with Crippen molar-refractivity contribution in [3.05, 3.63) is 0 Å². The van der Waals surface area contributed by atoms with Gasteiger partial charge in [0.15, 0.2) is 0 Å². The van der Waals surface area contributed by atoms with Crippen LogP contribution in [0.15, 0.2) is 0 Å². The predicted octanol–water partition coefficient (Wildman–Crippen LogP) is 2.09. The van der Waals surface area contributed by atoms with Crippen LogP contribution in [0, 0.1) is 0 Å². The normalized spacial score (nSPS) is 22.2. The zero-order valence-corrected chi connectivity index (χ0v) is 10.1. The standard InChI is InChI=1S/C12H25NO2/c1-3-12(4-2,10-13)15-9-7-11-6-5-8-14-11/h11H,3-10,13H2,1-2H3. The lowest BCUT2D eigenvalue weighted by Crippen LogP contribution is -2.40. The molecule has 1 rings (SSSR count). The van der Waals surface area contributed by atoms with Crippen LogP contribution in [-0.2, 0) is 9.47 Å². The van der Waals surface area contributed by atoms with Gasteiger partial charge in [0.2, 0.25) is 0 Å². The predicted molar refractivity (Wildman–Crippen MR) is 61.9 cm³/mol. The fourth-order valence-electron chi connectivity index (χ4n) is 2.08. The maximum atomic E-state index is 5.93. The van der Waals surface area contributed by atoms with E-state index in [-0.39, 0.29) is 5.60 Å². The third-order valence-electron chi connectivity index (χ3n) is 3.53. The summed E-state index contributed by atoms with van der Waals surface area (Å²) in [5, 5.41) is 0. The van der Waals surface area contributed by atoms with Crippen LogP contribution < -0.4 is 5.73 Å². The molecule has 3 heteroatoms. The van der Waals surface area contributed by atoms with Crippen molar-refractivity contribution < 1.29 is 9.47 Å². The number of hydrogen-bond donors (Lipinski definition) is 1. The first kappa shape index (κ1) is 12.9. The molecule has 0 aromatic heterocycles. The van der Waals surface area contributed by atoms with Crippen LogP contribution in [0.1, 0.15) is 46.0 Å². The Labute approximate surface area is 93.3 Å². The summed E-state index contributed by atoms with van der Waals surface area (Å²) in [6.07, 6.45) is 5.82. The summed E-state index contributed by atoms with van der Waals surface area (Å²) in [7, 11) is 0. The molecule has 0 aromatic rings.